The van der Waals surface area contributed by atoms with Gasteiger partial charge >= 0.3 is 0 Å². The summed E-state index contributed by atoms with van der Waals surface area (Å²) in [5.41, 5.74) is 3.12. The van der Waals surface area contributed by atoms with Crippen LogP contribution >= 0.6 is 43.5 Å². The number of nitriles is 1. The molecule has 0 aliphatic heterocycles. The van der Waals surface area contributed by atoms with Crippen molar-refractivity contribution in [2.75, 3.05) is 6.61 Å². The van der Waals surface area contributed by atoms with E-state index in [2.05, 4.69) is 37.9 Å². The van der Waals surface area contributed by atoms with E-state index in [4.69, 9.17) is 21.1 Å². The highest BCUT2D eigenvalue weighted by atomic mass is 79.9. The van der Waals surface area contributed by atoms with Crippen molar-refractivity contribution in [2.24, 2.45) is 0 Å². The van der Waals surface area contributed by atoms with E-state index in [1.54, 1.807) is 18.2 Å². The lowest BCUT2D eigenvalue weighted by atomic mass is 10.0. The van der Waals surface area contributed by atoms with Crippen LogP contribution in [0.1, 0.15) is 23.6 Å². The highest BCUT2D eigenvalue weighted by Crippen LogP contribution is 2.36. The second-order valence-electron chi connectivity index (χ2n) is 6.35. The maximum atomic E-state index is 9.64. The molecule has 0 N–H and O–H groups in total. The zero-order valence-electron chi connectivity index (χ0n) is 16.2. The van der Waals surface area contributed by atoms with Crippen molar-refractivity contribution in [2.45, 2.75) is 13.5 Å². The van der Waals surface area contributed by atoms with Crippen LogP contribution in [0.4, 0.5) is 0 Å². The van der Waals surface area contributed by atoms with Gasteiger partial charge in [0.15, 0.2) is 11.5 Å². The van der Waals surface area contributed by atoms with Crippen LogP contribution in [0.5, 0.6) is 11.5 Å². The molecular formula is C24H18Br2ClNO2. The molecule has 0 saturated heterocycles. The molecule has 152 valence electrons. The maximum Gasteiger partial charge on any atom is 0.162 e. The summed E-state index contributed by atoms with van der Waals surface area (Å²) in [4.78, 5) is 0. The number of nitrogens with zero attached hydrogens (tertiary/aromatic N) is 1. The van der Waals surface area contributed by atoms with E-state index in [-0.39, 0.29) is 0 Å². The first kappa shape index (κ1) is 22.4. The molecule has 30 heavy (non-hydrogen) atoms. The van der Waals surface area contributed by atoms with Gasteiger partial charge in [0, 0.05) is 14.0 Å². The molecule has 0 spiro atoms. The third-order valence-corrected chi connectivity index (χ3v) is 5.68. The zero-order chi connectivity index (χ0) is 21.5. The van der Waals surface area contributed by atoms with Crippen molar-refractivity contribution >= 4 is 55.1 Å². The van der Waals surface area contributed by atoms with Crippen molar-refractivity contribution in [3.63, 3.8) is 0 Å². The van der Waals surface area contributed by atoms with Gasteiger partial charge in [0.05, 0.1) is 18.2 Å². The summed E-state index contributed by atoms with van der Waals surface area (Å²) in [7, 11) is 0. The topological polar surface area (TPSA) is 42.2 Å². The van der Waals surface area contributed by atoms with Crippen molar-refractivity contribution in [3.05, 3.63) is 91.3 Å². The minimum atomic E-state index is 0.418. The molecule has 3 aromatic carbocycles. The van der Waals surface area contributed by atoms with E-state index in [9.17, 15) is 5.26 Å². The van der Waals surface area contributed by atoms with E-state index in [1.165, 1.54) is 0 Å². The van der Waals surface area contributed by atoms with Crippen molar-refractivity contribution < 1.29 is 9.47 Å². The molecule has 3 aromatic rings. The van der Waals surface area contributed by atoms with Gasteiger partial charge in [-0.3, -0.25) is 0 Å². The van der Waals surface area contributed by atoms with E-state index in [0.717, 1.165) is 25.6 Å². The summed E-state index contributed by atoms with van der Waals surface area (Å²) in [6.45, 7) is 2.84. The number of rotatable bonds is 7. The molecule has 0 fully saturated rings. The molecule has 0 aromatic heterocycles. The number of benzene rings is 3. The van der Waals surface area contributed by atoms with Crippen LogP contribution in [0.2, 0.25) is 5.02 Å². The van der Waals surface area contributed by atoms with Gasteiger partial charge in [0.1, 0.15) is 6.61 Å². The standard InChI is InChI=1S/C24H18Br2ClNO2/c1-2-29-23-12-18(10-19(14-28)17-4-3-5-21(27)11-17)22(26)13-24(23)30-15-16-6-8-20(25)9-7-16/h3-13H,2,15H2,1H3/b19-10+. The van der Waals surface area contributed by atoms with Gasteiger partial charge in [-0.05, 0) is 66.1 Å². The van der Waals surface area contributed by atoms with Crippen molar-refractivity contribution in [1.82, 2.24) is 0 Å². The third-order valence-electron chi connectivity index (χ3n) is 4.23. The second kappa shape index (κ2) is 10.7. The first-order valence-corrected chi connectivity index (χ1v) is 11.2. The van der Waals surface area contributed by atoms with Gasteiger partial charge < -0.3 is 9.47 Å². The Hall–Kier alpha value is -2.26. The summed E-state index contributed by atoms with van der Waals surface area (Å²) in [5.74, 6) is 1.25. The Morgan fingerprint density at radius 1 is 1.03 bits per heavy atom. The second-order valence-corrected chi connectivity index (χ2v) is 8.56. The Balaban J connectivity index is 1.92. The Morgan fingerprint density at radius 2 is 1.77 bits per heavy atom. The average Bonchev–Trinajstić information content (AvgIpc) is 2.74. The van der Waals surface area contributed by atoms with Gasteiger partial charge in [-0.2, -0.15) is 5.26 Å². The molecule has 0 heterocycles. The minimum Gasteiger partial charge on any atom is -0.490 e. The van der Waals surface area contributed by atoms with Gasteiger partial charge in [-0.25, -0.2) is 0 Å². The number of ether oxygens (including phenoxy) is 2. The van der Waals surface area contributed by atoms with Crippen LogP contribution in [0.25, 0.3) is 11.6 Å². The molecule has 0 saturated carbocycles. The molecule has 0 aliphatic rings. The van der Waals surface area contributed by atoms with Crippen molar-refractivity contribution in [1.29, 1.82) is 5.26 Å². The van der Waals surface area contributed by atoms with E-state index >= 15 is 0 Å². The van der Waals surface area contributed by atoms with Crippen LogP contribution in [0.15, 0.2) is 69.6 Å². The molecule has 0 aliphatic carbocycles. The first-order chi connectivity index (χ1) is 14.5. The Morgan fingerprint density at radius 3 is 2.43 bits per heavy atom. The SMILES string of the molecule is CCOc1cc(/C=C(\C#N)c2cccc(Cl)c2)c(Br)cc1OCc1ccc(Br)cc1. The molecule has 0 bridgehead atoms. The van der Waals surface area contributed by atoms with Crippen LogP contribution < -0.4 is 9.47 Å². The predicted molar refractivity (Wildman–Crippen MR) is 129 cm³/mol. The van der Waals surface area contributed by atoms with Gasteiger partial charge in [0.2, 0.25) is 0 Å². The average molecular weight is 548 g/mol. The van der Waals surface area contributed by atoms with Gasteiger partial charge in [0.25, 0.3) is 0 Å². The number of hydrogen-bond acceptors (Lipinski definition) is 3. The Bertz CT molecular complexity index is 1110. The molecule has 0 amide bonds. The molecule has 3 rings (SSSR count). The largest absolute Gasteiger partial charge is 0.490 e. The summed E-state index contributed by atoms with van der Waals surface area (Å²) < 4.78 is 13.6. The summed E-state index contributed by atoms with van der Waals surface area (Å²) in [5, 5.41) is 10.2. The molecule has 6 heteroatoms. The zero-order valence-corrected chi connectivity index (χ0v) is 20.1. The molecule has 0 unspecified atom stereocenters. The summed E-state index contributed by atoms with van der Waals surface area (Å²) in [6, 6.07) is 21.2. The highest BCUT2D eigenvalue weighted by molar-refractivity contribution is 9.10. The lowest BCUT2D eigenvalue weighted by Crippen LogP contribution is -2.00. The van der Waals surface area contributed by atoms with Crippen molar-refractivity contribution in [3.8, 4) is 17.6 Å². The first-order valence-electron chi connectivity index (χ1n) is 9.21. The fourth-order valence-electron chi connectivity index (χ4n) is 2.78. The Labute approximate surface area is 198 Å². The van der Waals surface area contributed by atoms with Gasteiger partial charge in [-0.1, -0.05) is 67.7 Å². The number of halogens is 3. The summed E-state index contributed by atoms with van der Waals surface area (Å²) >= 11 is 13.1. The summed E-state index contributed by atoms with van der Waals surface area (Å²) in [6.07, 6.45) is 1.80. The Kier molecular flexibility index (Phi) is 7.98. The molecular weight excluding hydrogens is 530 g/mol. The maximum absolute atomic E-state index is 9.64. The fourth-order valence-corrected chi connectivity index (χ4v) is 3.67. The van der Waals surface area contributed by atoms with E-state index in [0.29, 0.717) is 35.3 Å². The normalized spacial score (nSPS) is 11.1. The lowest BCUT2D eigenvalue weighted by molar-refractivity contribution is 0.269. The fraction of sp³-hybridized carbons (Fsp3) is 0.125. The predicted octanol–water partition coefficient (Wildman–Crippen LogP) is 7.91. The monoisotopic (exact) mass is 545 g/mol. The van der Waals surface area contributed by atoms with Crippen LogP contribution in [0.3, 0.4) is 0 Å². The minimum absolute atomic E-state index is 0.418. The number of allylic oxidation sites excluding steroid dienone is 1. The highest BCUT2D eigenvalue weighted by Gasteiger charge is 2.12. The lowest BCUT2D eigenvalue weighted by Gasteiger charge is -2.14. The van der Waals surface area contributed by atoms with Crippen LogP contribution in [-0.4, -0.2) is 6.61 Å². The van der Waals surface area contributed by atoms with Crippen LogP contribution in [0, 0.1) is 11.3 Å². The molecule has 0 atom stereocenters. The number of hydrogen-bond donors (Lipinski definition) is 0. The molecule has 0 radical (unpaired) electrons. The third kappa shape index (κ3) is 5.89. The van der Waals surface area contributed by atoms with Crippen LogP contribution in [-0.2, 0) is 6.61 Å². The van der Waals surface area contributed by atoms with Gasteiger partial charge in [-0.15, -0.1) is 0 Å². The van der Waals surface area contributed by atoms with E-state index < -0.39 is 0 Å². The quantitative estimate of drug-likeness (QED) is 0.223. The molecule has 3 nitrogen and oxygen atoms in total. The van der Waals surface area contributed by atoms with E-state index in [1.807, 2.05) is 55.5 Å². The smallest absolute Gasteiger partial charge is 0.162 e.